The number of aliphatic imine (C=N–C) groups is 1. The molecule has 1 aromatic heterocycles. The summed E-state index contributed by atoms with van der Waals surface area (Å²) >= 11 is 1.02. The lowest BCUT2D eigenvalue weighted by Gasteiger charge is -2.11. The monoisotopic (exact) mass is 536 g/mol. The van der Waals surface area contributed by atoms with Crippen LogP contribution in [0.1, 0.15) is 30.5 Å². The first-order valence-electron chi connectivity index (χ1n) is 9.18. The molecule has 0 aromatic carbocycles. The second-order valence-corrected chi connectivity index (χ2v) is 7.16. The number of ether oxygens (including phenoxy) is 2. The first kappa shape index (κ1) is 25.4. The molecule has 28 heavy (non-hydrogen) atoms. The highest BCUT2D eigenvalue weighted by atomic mass is 127. The molecule has 1 saturated heterocycles. The molecular formula is C17H28F3IN4O2S. The van der Waals surface area contributed by atoms with E-state index in [1.807, 2.05) is 6.92 Å². The van der Waals surface area contributed by atoms with Gasteiger partial charge in [0.05, 0.1) is 18.2 Å². The third-order valence-electron chi connectivity index (χ3n) is 3.91. The predicted octanol–water partition coefficient (Wildman–Crippen LogP) is 3.32. The highest BCUT2D eigenvalue weighted by Gasteiger charge is 2.33. The van der Waals surface area contributed by atoms with E-state index in [-0.39, 0.29) is 24.0 Å². The zero-order valence-electron chi connectivity index (χ0n) is 15.9. The van der Waals surface area contributed by atoms with Crippen LogP contribution in [-0.2, 0) is 22.1 Å². The molecule has 1 unspecified atom stereocenters. The van der Waals surface area contributed by atoms with Crippen LogP contribution in [0.2, 0.25) is 0 Å². The fourth-order valence-corrected chi connectivity index (χ4v) is 3.31. The van der Waals surface area contributed by atoms with Gasteiger partial charge in [-0.2, -0.15) is 13.2 Å². The Morgan fingerprint density at radius 1 is 1.43 bits per heavy atom. The van der Waals surface area contributed by atoms with Gasteiger partial charge in [-0.3, -0.25) is 4.99 Å². The Kier molecular flexibility index (Phi) is 12.3. The Labute approximate surface area is 184 Å². The standard InChI is InChI=1S/C17H27F3N4O2S.HI/c1-2-21-16(22-6-3-8-25-10-13-5-9-26-11-13)23-7-4-15-24-14(12-27-15)17(18,19)20;/h12-13H,2-11H2,1H3,(H2,21,22,23);1H. The summed E-state index contributed by atoms with van der Waals surface area (Å²) in [7, 11) is 0. The Hall–Kier alpha value is -0.660. The van der Waals surface area contributed by atoms with Crippen LogP contribution in [0.4, 0.5) is 13.2 Å². The molecule has 2 N–H and O–H groups in total. The summed E-state index contributed by atoms with van der Waals surface area (Å²) in [6, 6.07) is 0. The molecule has 162 valence electrons. The summed E-state index contributed by atoms with van der Waals surface area (Å²) in [5.74, 6) is 1.16. The molecule has 0 bridgehead atoms. The van der Waals surface area contributed by atoms with Crippen molar-refractivity contribution in [2.24, 2.45) is 10.9 Å². The van der Waals surface area contributed by atoms with Crippen molar-refractivity contribution in [1.29, 1.82) is 0 Å². The van der Waals surface area contributed by atoms with Crippen molar-refractivity contribution in [3.05, 3.63) is 16.1 Å². The molecule has 1 aliphatic heterocycles. The molecule has 1 aliphatic rings. The van der Waals surface area contributed by atoms with Crippen LogP contribution in [0.25, 0.3) is 0 Å². The molecular weight excluding hydrogens is 508 g/mol. The first-order chi connectivity index (χ1) is 13.0. The van der Waals surface area contributed by atoms with Crippen molar-refractivity contribution in [3.8, 4) is 0 Å². The molecule has 6 nitrogen and oxygen atoms in total. The topological polar surface area (TPSA) is 67.8 Å². The fourth-order valence-electron chi connectivity index (χ4n) is 2.51. The summed E-state index contributed by atoms with van der Waals surface area (Å²) in [5.41, 5.74) is -0.827. The van der Waals surface area contributed by atoms with Gasteiger partial charge in [0, 0.05) is 50.6 Å². The van der Waals surface area contributed by atoms with Gasteiger partial charge < -0.3 is 20.1 Å². The largest absolute Gasteiger partial charge is 0.434 e. The molecule has 2 rings (SSSR count). The van der Waals surface area contributed by atoms with Gasteiger partial charge in [0.2, 0.25) is 0 Å². The number of hydrogen-bond acceptors (Lipinski definition) is 5. The number of guanidine groups is 1. The van der Waals surface area contributed by atoms with E-state index in [0.29, 0.717) is 49.5 Å². The number of aromatic nitrogens is 1. The maximum Gasteiger partial charge on any atom is 0.434 e. The predicted molar refractivity (Wildman–Crippen MR) is 115 cm³/mol. The first-order valence-corrected chi connectivity index (χ1v) is 10.1. The molecule has 2 heterocycles. The lowest BCUT2D eigenvalue weighted by atomic mass is 10.1. The molecule has 1 fully saturated rings. The second kappa shape index (κ2) is 13.5. The molecule has 0 spiro atoms. The minimum Gasteiger partial charge on any atom is -0.381 e. The van der Waals surface area contributed by atoms with E-state index in [1.165, 1.54) is 0 Å². The fraction of sp³-hybridized carbons (Fsp3) is 0.765. The van der Waals surface area contributed by atoms with Gasteiger partial charge in [-0.25, -0.2) is 4.98 Å². The summed E-state index contributed by atoms with van der Waals surface area (Å²) in [4.78, 5) is 8.07. The van der Waals surface area contributed by atoms with Gasteiger partial charge in [0.15, 0.2) is 11.7 Å². The molecule has 0 aliphatic carbocycles. The maximum atomic E-state index is 12.6. The van der Waals surface area contributed by atoms with E-state index >= 15 is 0 Å². The number of thiazole rings is 1. The number of nitrogens with zero attached hydrogens (tertiary/aromatic N) is 2. The van der Waals surface area contributed by atoms with E-state index in [9.17, 15) is 13.2 Å². The van der Waals surface area contributed by atoms with Crippen LogP contribution in [0, 0.1) is 5.92 Å². The summed E-state index contributed by atoms with van der Waals surface area (Å²) in [6.45, 7) is 6.75. The van der Waals surface area contributed by atoms with Crippen LogP contribution in [0.3, 0.4) is 0 Å². The average molecular weight is 536 g/mol. The summed E-state index contributed by atoms with van der Waals surface area (Å²) in [6.07, 6.45) is -2.09. The number of hydrogen-bond donors (Lipinski definition) is 2. The lowest BCUT2D eigenvalue weighted by Crippen LogP contribution is -2.38. The number of halogens is 4. The van der Waals surface area contributed by atoms with E-state index in [2.05, 4.69) is 20.6 Å². The van der Waals surface area contributed by atoms with Crippen LogP contribution in [-0.4, -0.2) is 57.0 Å². The van der Waals surface area contributed by atoms with E-state index in [4.69, 9.17) is 9.47 Å². The molecule has 0 radical (unpaired) electrons. The minimum atomic E-state index is -4.38. The summed E-state index contributed by atoms with van der Waals surface area (Å²) < 4.78 is 48.6. The molecule has 11 heteroatoms. The van der Waals surface area contributed by atoms with Crippen molar-refractivity contribution in [1.82, 2.24) is 15.6 Å². The van der Waals surface area contributed by atoms with Crippen molar-refractivity contribution in [2.45, 2.75) is 32.4 Å². The van der Waals surface area contributed by atoms with Crippen LogP contribution in [0.15, 0.2) is 10.4 Å². The van der Waals surface area contributed by atoms with Gasteiger partial charge in [-0.1, -0.05) is 0 Å². The van der Waals surface area contributed by atoms with Gasteiger partial charge >= 0.3 is 6.18 Å². The van der Waals surface area contributed by atoms with Gasteiger partial charge in [-0.05, 0) is 19.8 Å². The highest BCUT2D eigenvalue weighted by molar-refractivity contribution is 14.0. The second-order valence-electron chi connectivity index (χ2n) is 6.22. The third kappa shape index (κ3) is 9.70. The smallest absolute Gasteiger partial charge is 0.381 e. The molecule has 0 saturated carbocycles. The Morgan fingerprint density at radius 2 is 2.25 bits per heavy atom. The van der Waals surface area contributed by atoms with Crippen molar-refractivity contribution in [2.75, 3.05) is 46.1 Å². The number of rotatable bonds is 10. The molecule has 0 amide bonds. The quantitative estimate of drug-likeness (QED) is 0.208. The third-order valence-corrected chi connectivity index (χ3v) is 4.82. The Bertz CT molecular complexity index is 581. The lowest BCUT2D eigenvalue weighted by molar-refractivity contribution is -0.140. The minimum absolute atomic E-state index is 0. The van der Waals surface area contributed by atoms with Crippen LogP contribution >= 0.6 is 35.3 Å². The van der Waals surface area contributed by atoms with Crippen LogP contribution < -0.4 is 10.6 Å². The zero-order chi connectivity index (χ0) is 19.5. The van der Waals surface area contributed by atoms with Crippen molar-refractivity contribution < 1.29 is 22.6 Å². The Morgan fingerprint density at radius 3 is 2.89 bits per heavy atom. The Balaban J connectivity index is 0.00000392. The van der Waals surface area contributed by atoms with Crippen molar-refractivity contribution >= 4 is 41.3 Å². The van der Waals surface area contributed by atoms with E-state index < -0.39 is 11.9 Å². The molecule has 1 atom stereocenters. The van der Waals surface area contributed by atoms with Crippen molar-refractivity contribution in [3.63, 3.8) is 0 Å². The van der Waals surface area contributed by atoms with E-state index in [0.717, 1.165) is 49.4 Å². The van der Waals surface area contributed by atoms with Gasteiger partial charge in [0.1, 0.15) is 0 Å². The number of alkyl halides is 3. The maximum absolute atomic E-state index is 12.6. The number of nitrogens with one attached hydrogen (secondary N) is 2. The van der Waals surface area contributed by atoms with E-state index in [1.54, 1.807) is 0 Å². The molecule has 1 aromatic rings. The van der Waals surface area contributed by atoms with Crippen LogP contribution in [0.5, 0.6) is 0 Å². The average Bonchev–Trinajstić information content (AvgIpc) is 3.29. The highest BCUT2D eigenvalue weighted by Crippen LogP contribution is 2.29. The normalized spacial score (nSPS) is 17.4. The van der Waals surface area contributed by atoms with Gasteiger partial charge in [0.25, 0.3) is 0 Å². The zero-order valence-corrected chi connectivity index (χ0v) is 19.0. The summed E-state index contributed by atoms with van der Waals surface area (Å²) in [5, 5.41) is 7.74. The SMILES string of the molecule is CCNC(=NCCCOCC1CCOC1)NCCc1nc(C(F)(F)F)cs1.I. The van der Waals surface area contributed by atoms with Gasteiger partial charge in [-0.15, -0.1) is 35.3 Å².